The molecular weight excluding hydrogens is 422 g/mol. The molecule has 1 amide bonds. The number of thiophene rings is 1. The standard InChI is InChI=1S/C22H20ClN3O3S/c1-4-16(21(27)24-13-9-10-17(29-3)15(23)11-13)26-22(28)19-14-7-5-6-8-18(14)30-20(19)12(2)25-26/h5-11,16H,4H2,1-3H3,(H,24,27). The molecule has 30 heavy (non-hydrogen) atoms. The summed E-state index contributed by atoms with van der Waals surface area (Å²) in [5, 5.41) is 9.21. The zero-order valence-corrected chi connectivity index (χ0v) is 18.3. The SMILES string of the molecule is CCC(C(=O)Nc1ccc(OC)c(Cl)c1)n1nc(C)c2sc3ccccc3c2c1=O. The average molecular weight is 442 g/mol. The summed E-state index contributed by atoms with van der Waals surface area (Å²) >= 11 is 7.70. The average Bonchev–Trinajstić information content (AvgIpc) is 3.13. The third-order valence-corrected chi connectivity index (χ3v) is 6.58. The van der Waals surface area contributed by atoms with Crippen molar-refractivity contribution in [3.05, 3.63) is 63.5 Å². The molecule has 0 spiro atoms. The van der Waals surface area contributed by atoms with Gasteiger partial charge in [0.25, 0.3) is 5.56 Å². The highest BCUT2D eigenvalue weighted by Gasteiger charge is 2.24. The van der Waals surface area contributed by atoms with Crippen LogP contribution in [0.25, 0.3) is 20.2 Å². The van der Waals surface area contributed by atoms with E-state index in [4.69, 9.17) is 16.3 Å². The number of anilines is 1. The third-order valence-electron chi connectivity index (χ3n) is 5.01. The number of aryl methyl sites for hydroxylation is 1. The Hall–Kier alpha value is -2.90. The second-order valence-electron chi connectivity index (χ2n) is 6.90. The molecule has 2 aromatic carbocycles. The summed E-state index contributed by atoms with van der Waals surface area (Å²) in [4.78, 5) is 26.4. The van der Waals surface area contributed by atoms with E-state index in [0.29, 0.717) is 28.3 Å². The lowest BCUT2D eigenvalue weighted by atomic mass is 10.1. The monoisotopic (exact) mass is 441 g/mol. The Morgan fingerprint density at radius 3 is 2.77 bits per heavy atom. The molecule has 2 heterocycles. The van der Waals surface area contributed by atoms with Crippen molar-refractivity contribution in [1.29, 1.82) is 0 Å². The van der Waals surface area contributed by atoms with E-state index in [1.807, 2.05) is 38.1 Å². The largest absolute Gasteiger partial charge is 0.495 e. The zero-order chi connectivity index (χ0) is 21.4. The van der Waals surface area contributed by atoms with Gasteiger partial charge in [-0.2, -0.15) is 5.10 Å². The summed E-state index contributed by atoms with van der Waals surface area (Å²) in [6, 6.07) is 12.0. The number of nitrogens with one attached hydrogen (secondary N) is 1. The Morgan fingerprint density at radius 2 is 2.07 bits per heavy atom. The molecule has 4 aromatic rings. The van der Waals surface area contributed by atoms with Crippen molar-refractivity contribution in [1.82, 2.24) is 9.78 Å². The Bertz CT molecular complexity index is 1330. The van der Waals surface area contributed by atoms with Gasteiger partial charge in [-0.25, -0.2) is 4.68 Å². The smallest absolute Gasteiger partial charge is 0.276 e. The number of halogens is 1. The van der Waals surface area contributed by atoms with E-state index in [2.05, 4.69) is 10.4 Å². The molecule has 8 heteroatoms. The number of nitrogens with zero attached hydrogens (tertiary/aromatic N) is 2. The number of carbonyl (C=O) groups is 1. The van der Waals surface area contributed by atoms with Gasteiger partial charge >= 0.3 is 0 Å². The van der Waals surface area contributed by atoms with Crippen LogP contribution in [-0.2, 0) is 4.79 Å². The van der Waals surface area contributed by atoms with Crippen LogP contribution in [0.4, 0.5) is 5.69 Å². The molecule has 0 saturated heterocycles. The number of aromatic nitrogens is 2. The van der Waals surface area contributed by atoms with Crippen molar-refractivity contribution in [2.24, 2.45) is 0 Å². The van der Waals surface area contributed by atoms with Gasteiger partial charge in [-0.15, -0.1) is 11.3 Å². The number of carbonyl (C=O) groups excluding carboxylic acids is 1. The van der Waals surface area contributed by atoms with Crippen LogP contribution >= 0.6 is 22.9 Å². The fourth-order valence-corrected chi connectivity index (χ4v) is 4.92. The van der Waals surface area contributed by atoms with Gasteiger partial charge in [0, 0.05) is 15.8 Å². The number of benzene rings is 2. The van der Waals surface area contributed by atoms with Crippen LogP contribution < -0.4 is 15.6 Å². The number of amides is 1. The summed E-state index contributed by atoms with van der Waals surface area (Å²) in [5.41, 5.74) is 0.989. The summed E-state index contributed by atoms with van der Waals surface area (Å²) in [5.74, 6) is 0.191. The molecule has 1 N–H and O–H groups in total. The maximum atomic E-state index is 13.3. The summed E-state index contributed by atoms with van der Waals surface area (Å²) < 4.78 is 8.33. The molecule has 4 rings (SSSR count). The van der Waals surface area contributed by atoms with Crippen molar-refractivity contribution in [2.45, 2.75) is 26.3 Å². The van der Waals surface area contributed by atoms with Crippen molar-refractivity contribution in [3.63, 3.8) is 0 Å². The molecular formula is C22H20ClN3O3S. The molecule has 2 aromatic heterocycles. The van der Waals surface area contributed by atoms with E-state index in [9.17, 15) is 9.59 Å². The van der Waals surface area contributed by atoms with Gasteiger partial charge in [-0.3, -0.25) is 9.59 Å². The minimum Gasteiger partial charge on any atom is -0.495 e. The van der Waals surface area contributed by atoms with Crippen molar-refractivity contribution < 1.29 is 9.53 Å². The normalized spacial score (nSPS) is 12.3. The minimum absolute atomic E-state index is 0.261. The summed E-state index contributed by atoms with van der Waals surface area (Å²) in [7, 11) is 1.53. The molecule has 0 aliphatic carbocycles. The predicted octanol–water partition coefficient (Wildman–Crippen LogP) is 5.17. The minimum atomic E-state index is -0.750. The second kappa shape index (κ2) is 8.08. The van der Waals surface area contributed by atoms with Crippen LogP contribution in [0.15, 0.2) is 47.3 Å². The lowest BCUT2D eigenvalue weighted by molar-refractivity contribution is -0.119. The molecule has 0 fully saturated rings. The molecule has 0 saturated carbocycles. The fourth-order valence-electron chi connectivity index (χ4n) is 3.53. The number of hydrogen-bond donors (Lipinski definition) is 1. The molecule has 0 aliphatic heterocycles. The van der Waals surface area contributed by atoms with Gasteiger partial charge in [0.2, 0.25) is 5.91 Å². The lowest BCUT2D eigenvalue weighted by Crippen LogP contribution is -2.35. The first kappa shape index (κ1) is 20.4. The summed E-state index contributed by atoms with van der Waals surface area (Å²) in [6.07, 6.45) is 0.412. The second-order valence-corrected chi connectivity index (χ2v) is 8.36. The van der Waals surface area contributed by atoms with Crippen molar-refractivity contribution >= 4 is 54.7 Å². The number of hydrogen-bond acceptors (Lipinski definition) is 5. The first-order valence-electron chi connectivity index (χ1n) is 9.49. The number of fused-ring (bicyclic) bond motifs is 3. The highest BCUT2D eigenvalue weighted by molar-refractivity contribution is 7.26. The Labute approximate surface area is 182 Å². The summed E-state index contributed by atoms with van der Waals surface area (Å²) in [6.45, 7) is 3.71. The highest BCUT2D eigenvalue weighted by Crippen LogP contribution is 2.33. The molecule has 0 radical (unpaired) electrons. The fraction of sp³-hybridized carbons (Fsp3) is 0.227. The van der Waals surface area contributed by atoms with E-state index >= 15 is 0 Å². The van der Waals surface area contributed by atoms with Gasteiger partial charge < -0.3 is 10.1 Å². The van der Waals surface area contributed by atoms with Gasteiger partial charge in [0.05, 0.1) is 27.9 Å². The van der Waals surface area contributed by atoms with Crippen molar-refractivity contribution in [2.75, 3.05) is 12.4 Å². The molecule has 0 aliphatic rings. The van der Waals surface area contributed by atoms with Gasteiger partial charge in [-0.05, 0) is 37.6 Å². The topological polar surface area (TPSA) is 73.2 Å². The van der Waals surface area contributed by atoms with Crippen LogP contribution in [0.3, 0.4) is 0 Å². The van der Waals surface area contributed by atoms with E-state index in [0.717, 1.165) is 20.5 Å². The van der Waals surface area contributed by atoms with Crippen LogP contribution in [0.5, 0.6) is 5.75 Å². The molecule has 154 valence electrons. The van der Waals surface area contributed by atoms with Crippen LogP contribution in [-0.4, -0.2) is 22.8 Å². The molecule has 1 unspecified atom stereocenters. The van der Waals surface area contributed by atoms with Gasteiger partial charge in [0.15, 0.2) is 0 Å². The number of methoxy groups -OCH3 is 1. The third kappa shape index (κ3) is 3.44. The van der Waals surface area contributed by atoms with Crippen LogP contribution in [0.2, 0.25) is 5.02 Å². The zero-order valence-electron chi connectivity index (χ0n) is 16.7. The van der Waals surface area contributed by atoms with Crippen molar-refractivity contribution in [3.8, 4) is 5.75 Å². The Balaban J connectivity index is 1.76. The number of rotatable bonds is 5. The van der Waals surface area contributed by atoms with Crippen LogP contribution in [0.1, 0.15) is 25.1 Å². The lowest BCUT2D eigenvalue weighted by Gasteiger charge is -2.18. The van der Waals surface area contributed by atoms with E-state index in [1.165, 1.54) is 11.8 Å². The van der Waals surface area contributed by atoms with Crippen LogP contribution in [0, 0.1) is 6.92 Å². The van der Waals surface area contributed by atoms with E-state index in [1.54, 1.807) is 29.5 Å². The first-order chi connectivity index (χ1) is 14.4. The molecule has 1 atom stereocenters. The highest BCUT2D eigenvalue weighted by atomic mass is 35.5. The maximum absolute atomic E-state index is 13.3. The van der Waals surface area contributed by atoms with Gasteiger partial charge in [0.1, 0.15) is 11.8 Å². The molecule has 0 bridgehead atoms. The molecule has 6 nitrogen and oxygen atoms in total. The predicted molar refractivity (Wildman–Crippen MR) is 122 cm³/mol. The van der Waals surface area contributed by atoms with Gasteiger partial charge in [-0.1, -0.05) is 36.7 Å². The Morgan fingerprint density at radius 1 is 1.30 bits per heavy atom. The quantitative estimate of drug-likeness (QED) is 0.463. The van der Waals surface area contributed by atoms with E-state index < -0.39 is 6.04 Å². The first-order valence-corrected chi connectivity index (χ1v) is 10.7. The maximum Gasteiger partial charge on any atom is 0.276 e. The Kier molecular flexibility index (Phi) is 5.49. The number of ether oxygens (including phenoxy) is 1. The van der Waals surface area contributed by atoms with E-state index in [-0.39, 0.29) is 11.5 Å².